The molecule has 1 atom stereocenters. The quantitative estimate of drug-likeness (QED) is 0.334. The lowest BCUT2D eigenvalue weighted by Crippen LogP contribution is -2.31. The van der Waals surface area contributed by atoms with E-state index in [9.17, 15) is 4.79 Å². The van der Waals surface area contributed by atoms with Crippen LogP contribution in [-0.4, -0.2) is 44.2 Å². The number of fused-ring (bicyclic) bond motifs is 1. The van der Waals surface area contributed by atoms with Crippen LogP contribution < -0.4 is 9.64 Å². The molecular formula is C23H23N5O2S. The van der Waals surface area contributed by atoms with E-state index in [1.807, 2.05) is 54.4 Å². The Balaban J connectivity index is 1.37. The van der Waals surface area contributed by atoms with Gasteiger partial charge in [-0.2, -0.15) is 0 Å². The van der Waals surface area contributed by atoms with Gasteiger partial charge in [0.15, 0.2) is 11.6 Å². The second-order valence-electron chi connectivity index (χ2n) is 7.39. The summed E-state index contributed by atoms with van der Waals surface area (Å²) in [6.07, 6.45) is 7.22. The van der Waals surface area contributed by atoms with Crippen LogP contribution in [0.5, 0.6) is 5.75 Å². The smallest absolute Gasteiger partial charge is 0.217 e. The van der Waals surface area contributed by atoms with Gasteiger partial charge in [-0.1, -0.05) is 48.6 Å². The summed E-state index contributed by atoms with van der Waals surface area (Å²) in [5.74, 6) is 1.34. The highest BCUT2D eigenvalue weighted by Gasteiger charge is 2.25. The zero-order valence-electron chi connectivity index (χ0n) is 17.4. The van der Waals surface area contributed by atoms with Crippen LogP contribution in [0.2, 0.25) is 0 Å². The SMILES string of the molecule is Cc1ccccc1Cn1cnc(C(=O)C/C=C/[C@H]2COc3cccnc3N(C)C2=S)n1. The van der Waals surface area contributed by atoms with Crippen molar-refractivity contribution in [3.8, 4) is 5.75 Å². The maximum atomic E-state index is 12.5. The van der Waals surface area contributed by atoms with Crippen LogP contribution in [-0.2, 0) is 6.54 Å². The van der Waals surface area contributed by atoms with Gasteiger partial charge in [0.2, 0.25) is 11.6 Å². The first-order valence-corrected chi connectivity index (χ1v) is 10.4. The van der Waals surface area contributed by atoms with Crippen LogP contribution in [0.25, 0.3) is 0 Å². The van der Waals surface area contributed by atoms with Gasteiger partial charge in [0, 0.05) is 19.7 Å². The van der Waals surface area contributed by atoms with Gasteiger partial charge in [-0.25, -0.2) is 14.6 Å². The maximum Gasteiger partial charge on any atom is 0.217 e. The second-order valence-corrected chi connectivity index (χ2v) is 7.81. The first-order valence-electron chi connectivity index (χ1n) is 10.0. The number of hydrogen-bond donors (Lipinski definition) is 0. The number of anilines is 1. The molecule has 2 aromatic heterocycles. The molecule has 31 heavy (non-hydrogen) atoms. The number of benzene rings is 1. The van der Waals surface area contributed by atoms with Crippen molar-refractivity contribution < 1.29 is 9.53 Å². The molecule has 0 bridgehead atoms. The lowest BCUT2D eigenvalue weighted by molar-refractivity contribution is 0.0985. The van der Waals surface area contributed by atoms with E-state index < -0.39 is 0 Å². The largest absolute Gasteiger partial charge is 0.489 e. The van der Waals surface area contributed by atoms with Gasteiger partial charge in [0.25, 0.3) is 0 Å². The summed E-state index contributed by atoms with van der Waals surface area (Å²) in [7, 11) is 1.87. The fourth-order valence-electron chi connectivity index (χ4n) is 3.38. The third kappa shape index (κ3) is 4.69. The first-order chi connectivity index (χ1) is 15.0. The number of aryl methyl sites for hydroxylation is 1. The Labute approximate surface area is 186 Å². The van der Waals surface area contributed by atoms with Gasteiger partial charge in [0.05, 0.1) is 17.5 Å². The summed E-state index contributed by atoms with van der Waals surface area (Å²) >= 11 is 5.60. The Hall–Kier alpha value is -3.39. The van der Waals surface area contributed by atoms with Crippen molar-refractivity contribution in [1.82, 2.24) is 19.7 Å². The van der Waals surface area contributed by atoms with Crippen molar-refractivity contribution in [3.63, 3.8) is 0 Å². The van der Waals surface area contributed by atoms with E-state index >= 15 is 0 Å². The normalized spacial score (nSPS) is 16.1. The number of thiocarbonyl (C=S) groups is 1. The standard InChI is InChI=1S/C23H23N5O2S/c1-16-7-3-4-8-17(16)13-28-15-25-21(26-28)19(29)10-5-9-18-14-30-20-11-6-12-24-22(20)27(2)23(18)31/h3-9,11-12,15,18H,10,13-14H2,1-2H3/b9-5+/t18-/m0/s1. The highest BCUT2D eigenvalue weighted by Crippen LogP contribution is 2.29. The van der Waals surface area contributed by atoms with Crippen molar-refractivity contribution in [1.29, 1.82) is 0 Å². The molecule has 7 nitrogen and oxygen atoms in total. The van der Waals surface area contributed by atoms with Crippen LogP contribution in [0, 0.1) is 12.8 Å². The average molecular weight is 434 g/mol. The third-order valence-electron chi connectivity index (χ3n) is 5.19. The topological polar surface area (TPSA) is 73.1 Å². The van der Waals surface area contributed by atoms with Gasteiger partial charge in [0.1, 0.15) is 12.9 Å². The predicted octanol–water partition coefficient (Wildman–Crippen LogP) is 3.63. The Bertz CT molecular complexity index is 1140. The van der Waals surface area contributed by atoms with Crippen molar-refractivity contribution in [3.05, 3.63) is 78.0 Å². The number of rotatable bonds is 6. The van der Waals surface area contributed by atoms with E-state index in [1.165, 1.54) is 5.56 Å². The molecule has 0 aliphatic carbocycles. The summed E-state index contributed by atoms with van der Waals surface area (Å²) in [5, 5.41) is 4.34. The van der Waals surface area contributed by atoms with E-state index in [-0.39, 0.29) is 23.9 Å². The molecular weight excluding hydrogens is 410 g/mol. The van der Waals surface area contributed by atoms with Crippen LogP contribution in [0.4, 0.5) is 5.82 Å². The molecule has 0 radical (unpaired) electrons. The zero-order valence-corrected chi connectivity index (χ0v) is 18.2. The summed E-state index contributed by atoms with van der Waals surface area (Å²) in [6, 6.07) is 11.8. The lowest BCUT2D eigenvalue weighted by atomic mass is 10.1. The number of carbonyl (C=O) groups is 1. The van der Waals surface area contributed by atoms with Crippen LogP contribution in [0.1, 0.15) is 28.2 Å². The lowest BCUT2D eigenvalue weighted by Gasteiger charge is -2.19. The molecule has 0 amide bonds. The molecule has 0 spiro atoms. The monoisotopic (exact) mass is 433 g/mol. The van der Waals surface area contributed by atoms with E-state index in [0.717, 1.165) is 5.56 Å². The van der Waals surface area contributed by atoms with Gasteiger partial charge < -0.3 is 9.64 Å². The Kier molecular flexibility index (Phi) is 6.18. The molecule has 8 heteroatoms. The average Bonchev–Trinajstić information content (AvgIpc) is 3.21. The molecule has 1 aromatic carbocycles. The molecule has 4 rings (SSSR count). The number of carbonyl (C=O) groups excluding carboxylic acids is 1. The second kappa shape index (κ2) is 9.18. The molecule has 3 heterocycles. The van der Waals surface area contributed by atoms with Crippen molar-refractivity contribution in [2.45, 2.75) is 19.9 Å². The molecule has 3 aromatic rings. The number of aromatic nitrogens is 4. The zero-order chi connectivity index (χ0) is 21.8. The number of ether oxygens (including phenoxy) is 1. The van der Waals surface area contributed by atoms with E-state index in [2.05, 4.69) is 28.1 Å². The number of pyridine rings is 1. The fraction of sp³-hybridized carbons (Fsp3) is 0.261. The Morgan fingerprint density at radius 2 is 2.10 bits per heavy atom. The third-order valence-corrected chi connectivity index (χ3v) is 5.76. The molecule has 0 fully saturated rings. The summed E-state index contributed by atoms with van der Waals surface area (Å²) in [4.78, 5) is 23.6. The Morgan fingerprint density at radius 1 is 1.26 bits per heavy atom. The number of ketones is 1. The Morgan fingerprint density at radius 3 is 2.94 bits per heavy atom. The molecule has 1 aliphatic rings. The van der Waals surface area contributed by atoms with E-state index in [4.69, 9.17) is 17.0 Å². The molecule has 0 saturated carbocycles. The predicted molar refractivity (Wildman–Crippen MR) is 123 cm³/mol. The minimum atomic E-state index is -0.140. The number of allylic oxidation sites excluding steroid dienone is 1. The molecule has 0 saturated heterocycles. The van der Waals surface area contributed by atoms with Gasteiger partial charge in [-0.3, -0.25) is 4.79 Å². The highest BCUT2D eigenvalue weighted by molar-refractivity contribution is 7.80. The van der Waals surface area contributed by atoms with Gasteiger partial charge in [-0.15, -0.1) is 5.10 Å². The minimum Gasteiger partial charge on any atom is -0.489 e. The molecule has 0 unspecified atom stereocenters. The van der Waals surface area contributed by atoms with Crippen molar-refractivity contribution >= 4 is 28.8 Å². The molecule has 158 valence electrons. The van der Waals surface area contributed by atoms with E-state index in [0.29, 0.717) is 29.7 Å². The number of Topliss-reactive ketones (excluding diaryl/α,β-unsaturated/α-hetero) is 1. The maximum absolute atomic E-state index is 12.5. The summed E-state index contributed by atoms with van der Waals surface area (Å²) in [6.45, 7) is 3.03. The first kappa shape index (κ1) is 20.9. The van der Waals surface area contributed by atoms with Gasteiger partial charge in [-0.05, 0) is 30.2 Å². The number of nitrogens with zero attached hydrogens (tertiary/aromatic N) is 5. The van der Waals surface area contributed by atoms with Crippen LogP contribution in [0.3, 0.4) is 0 Å². The minimum absolute atomic E-state index is 0.131. The fourth-order valence-corrected chi connectivity index (χ4v) is 3.61. The van der Waals surface area contributed by atoms with Crippen molar-refractivity contribution in [2.75, 3.05) is 18.6 Å². The van der Waals surface area contributed by atoms with E-state index in [1.54, 1.807) is 17.2 Å². The van der Waals surface area contributed by atoms with Gasteiger partial charge >= 0.3 is 0 Å². The van der Waals surface area contributed by atoms with Crippen LogP contribution in [0.15, 0.2) is 61.1 Å². The highest BCUT2D eigenvalue weighted by atomic mass is 32.1. The number of hydrogen-bond acceptors (Lipinski definition) is 6. The van der Waals surface area contributed by atoms with Crippen molar-refractivity contribution in [2.24, 2.45) is 5.92 Å². The van der Waals surface area contributed by atoms with Crippen LogP contribution >= 0.6 is 12.2 Å². The molecule has 0 N–H and O–H groups in total. The summed E-state index contributed by atoms with van der Waals surface area (Å²) < 4.78 is 7.54. The molecule has 1 aliphatic heterocycles. The summed E-state index contributed by atoms with van der Waals surface area (Å²) in [5.41, 5.74) is 2.32.